The lowest BCUT2D eigenvalue weighted by molar-refractivity contribution is 0.869. The van der Waals surface area contributed by atoms with Crippen LogP contribution in [-0.2, 0) is 0 Å². The molecule has 0 radical (unpaired) electrons. The van der Waals surface area contributed by atoms with Crippen molar-refractivity contribution in [1.82, 2.24) is 10.9 Å². The molecule has 4 nitrogen and oxygen atoms in total. The third kappa shape index (κ3) is 4.22. The Hall–Kier alpha value is -2.11. The normalized spacial score (nSPS) is 10.9. The molecule has 20 heavy (non-hydrogen) atoms. The number of thiocarbonyl (C=S) groups is 1. The minimum absolute atomic E-state index is 0.143. The minimum Gasteiger partial charge on any atom is -0.375 e. The van der Waals surface area contributed by atoms with Crippen molar-refractivity contribution in [1.29, 1.82) is 0 Å². The highest BCUT2D eigenvalue weighted by Crippen LogP contribution is 2.17. The summed E-state index contributed by atoms with van der Waals surface area (Å²) in [6, 6.07) is 16.9. The first-order valence-electron chi connectivity index (χ1n) is 5.86. The van der Waals surface area contributed by atoms with Crippen LogP contribution < -0.4 is 16.6 Å². The number of hydrazine groups is 1. The van der Waals surface area contributed by atoms with Crippen LogP contribution in [0.5, 0.6) is 0 Å². The van der Waals surface area contributed by atoms with Crippen LogP contribution in [0.2, 0.25) is 5.02 Å². The maximum absolute atomic E-state index is 5.86. The van der Waals surface area contributed by atoms with E-state index in [2.05, 4.69) is 15.8 Å². The number of hydrogen-bond acceptors (Lipinski definition) is 2. The largest absolute Gasteiger partial charge is 0.375 e. The van der Waals surface area contributed by atoms with E-state index in [1.165, 1.54) is 0 Å². The molecule has 0 bridgehead atoms. The average Bonchev–Trinajstić information content (AvgIpc) is 2.46. The maximum atomic E-state index is 5.86. The highest BCUT2D eigenvalue weighted by molar-refractivity contribution is 7.80. The third-order valence-electron chi connectivity index (χ3n) is 2.42. The van der Waals surface area contributed by atoms with E-state index in [9.17, 15) is 0 Å². The average molecular weight is 305 g/mol. The van der Waals surface area contributed by atoms with Crippen LogP contribution in [0.1, 0.15) is 5.56 Å². The summed E-state index contributed by atoms with van der Waals surface area (Å²) in [7, 11) is 0. The molecule has 2 aromatic carbocycles. The van der Waals surface area contributed by atoms with Crippen molar-refractivity contribution in [3.8, 4) is 0 Å². The Balaban J connectivity index is 2.30. The van der Waals surface area contributed by atoms with Crippen molar-refractivity contribution < 1.29 is 0 Å². The molecule has 0 aliphatic heterocycles. The van der Waals surface area contributed by atoms with Gasteiger partial charge in [-0.25, -0.2) is 4.99 Å². The molecule has 0 heterocycles. The fourth-order valence-corrected chi connectivity index (χ4v) is 1.70. The molecule has 0 atom stereocenters. The molecule has 4 N–H and O–H groups in total. The van der Waals surface area contributed by atoms with Gasteiger partial charge in [0.25, 0.3) is 0 Å². The smallest absolute Gasteiger partial charge is 0.182 e. The van der Waals surface area contributed by atoms with E-state index in [0.717, 1.165) is 11.3 Å². The minimum atomic E-state index is 0.143. The number of nitrogens with one attached hydrogen (secondary N) is 2. The predicted octanol–water partition coefficient (Wildman–Crippen LogP) is 2.76. The molecule has 102 valence electrons. The van der Waals surface area contributed by atoms with Crippen LogP contribution >= 0.6 is 23.8 Å². The Labute approximate surface area is 127 Å². The summed E-state index contributed by atoms with van der Waals surface area (Å²) in [4.78, 5) is 4.51. The van der Waals surface area contributed by atoms with Gasteiger partial charge >= 0.3 is 0 Å². The second-order valence-corrected chi connectivity index (χ2v) is 4.79. The molecule has 0 saturated carbocycles. The van der Waals surface area contributed by atoms with E-state index in [0.29, 0.717) is 10.9 Å². The molecule has 0 unspecified atom stereocenters. The Morgan fingerprint density at radius 1 is 1.00 bits per heavy atom. The lowest BCUT2D eigenvalue weighted by atomic mass is 10.2. The summed E-state index contributed by atoms with van der Waals surface area (Å²) < 4.78 is 0. The highest BCUT2D eigenvalue weighted by atomic mass is 35.5. The number of nitrogens with zero attached hydrogens (tertiary/aromatic N) is 1. The van der Waals surface area contributed by atoms with Gasteiger partial charge in [0.05, 0.1) is 5.69 Å². The number of rotatable bonds is 2. The van der Waals surface area contributed by atoms with Gasteiger partial charge in [0.15, 0.2) is 10.9 Å². The number of benzene rings is 2. The number of halogens is 1. The predicted molar refractivity (Wildman–Crippen MR) is 87.1 cm³/mol. The lowest BCUT2D eigenvalue weighted by Crippen LogP contribution is -2.44. The Kier molecular flexibility index (Phi) is 4.92. The summed E-state index contributed by atoms with van der Waals surface area (Å²) in [6.45, 7) is 0. The van der Waals surface area contributed by atoms with E-state index in [-0.39, 0.29) is 5.11 Å². The lowest BCUT2D eigenvalue weighted by Gasteiger charge is -2.11. The van der Waals surface area contributed by atoms with E-state index < -0.39 is 0 Å². The van der Waals surface area contributed by atoms with Gasteiger partial charge in [-0.1, -0.05) is 41.9 Å². The van der Waals surface area contributed by atoms with E-state index in [1.807, 2.05) is 42.5 Å². The zero-order valence-corrected chi connectivity index (χ0v) is 12.1. The van der Waals surface area contributed by atoms with Crippen LogP contribution in [0.4, 0.5) is 5.69 Å². The summed E-state index contributed by atoms with van der Waals surface area (Å²) >= 11 is 10.6. The standard InChI is InChI=1S/C14H13ClN4S/c15-11-6-8-12(9-7-11)17-13(18-19-14(16)20)10-4-2-1-3-5-10/h1-9H,(H,17,18)(H3,16,19,20). The second-order valence-electron chi connectivity index (χ2n) is 3.92. The third-order valence-corrected chi connectivity index (χ3v) is 2.77. The maximum Gasteiger partial charge on any atom is 0.182 e. The van der Waals surface area contributed by atoms with Gasteiger partial charge in [0.1, 0.15) is 0 Å². The van der Waals surface area contributed by atoms with Gasteiger partial charge in [-0.05, 0) is 36.5 Å². The van der Waals surface area contributed by atoms with Gasteiger partial charge in [-0.15, -0.1) is 0 Å². The van der Waals surface area contributed by atoms with Crippen molar-refractivity contribution >= 4 is 40.5 Å². The number of hydrogen-bond donors (Lipinski definition) is 3. The summed E-state index contributed by atoms with van der Waals surface area (Å²) in [5, 5.41) is 0.809. The van der Waals surface area contributed by atoms with Crippen molar-refractivity contribution in [3.05, 3.63) is 65.2 Å². The van der Waals surface area contributed by atoms with Crippen molar-refractivity contribution in [2.45, 2.75) is 0 Å². The van der Waals surface area contributed by atoms with Crippen molar-refractivity contribution in [2.24, 2.45) is 10.7 Å². The van der Waals surface area contributed by atoms with Crippen LogP contribution in [0.25, 0.3) is 0 Å². The zero-order valence-electron chi connectivity index (χ0n) is 10.5. The van der Waals surface area contributed by atoms with Gasteiger partial charge in [0, 0.05) is 10.6 Å². The molecule has 0 aromatic heterocycles. The molecule has 0 amide bonds. The first-order valence-corrected chi connectivity index (χ1v) is 6.65. The quantitative estimate of drug-likeness (QED) is 0.345. The van der Waals surface area contributed by atoms with Gasteiger partial charge in [-0.2, -0.15) is 0 Å². The molecule has 2 aromatic rings. The molecule has 6 heteroatoms. The number of nitrogens with two attached hydrogens (primary N) is 1. The first-order chi connectivity index (χ1) is 9.65. The fraction of sp³-hybridized carbons (Fsp3) is 0. The molecular formula is C14H13ClN4S. The topological polar surface area (TPSA) is 62.4 Å². The SMILES string of the molecule is NC(=S)NNC(=Nc1ccc(Cl)cc1)c1ccccc1. The van der Waals surface area contributed by atoms with Crippen LogP contribution in [-0.4, -0.2) is 10.9 Å². The highest BCUT2D eigenvalue weighted by Gasteiger charge is 2.03. The molecule has 0 fully saturated rings. The molecule has 0 aliphatic rings. The van der Waals surface area contributed by atoms with E-state index in [1.54, 1.807) is 12.1 Å². The molecular weight excluding hydrogens is 292 g/mol. The Bertz CT molecular complexity index is 611. The second kappa shape index (κ2) is 6.88. The fourth-order valence-electron chi connectivity index (χ4n) is 1.53. The van der Waals surface area contributed by atoms with Crippen molar-refractivity contribution in [2.75, 3.05) is 0 Å². The summed E-state index contributed by atoms with van der Waals surface area (Å²) in [5.41, 5.74) is 12.7. The molecule has 0 aliphatic carbocycles. The zero-order chi connectivity index (χ0) is 14.4. The van der Waals surface area contributed by atoms with Gasteiger partial charge in [-0.3, -0.25) is 10.9 Å². The molecule has 0 saturated heterocycles. The van der Waals surface area contributed by atoms with E-state index in [4.69, 9.17) is 29.6 Å². The van der Waals surface area contributed by atoms with Crippen molar-refractivity contribution in [3.63, 3.8) is 0 Å². The summed E-state index contributed by atoms with van der Waals surface area (Å²) in [5.74, 6) is 0.612. The number of aliphatic imine (C=N–C) groups is 1. The Morgan fingerprint density at radius 2 is 1.65 bits per heavy atom. The molecule has 0 spiro atoms. The van der Waals surface area contributed by atoms with E-state index >= 15 is 0 Å². The van der Waals surface area contributed by atoms with Gasteiger partial charge in [0.2, 0.25) is 0 Å². The van der Waals surface area contributed by atoms with Gasteiger partial charge < -0.3 is 5.73 Å². The number of amidine groups is 1. The van der Waals surface area contributed by atoms with Crippen LogP contribution in [0, 0.1) is 0 Å². The Morgan fingerprint density at radius 3 is 2.25 bits per heavy atom. The molecule has 2 rings (SSSR count). The summed E-state index contributed by atoms with van der Waals surface area (Å²) in [6.07, 6.45) is 0. The first kappa shape index (κ1) is 14.3. The monoisotopic (exact) mass is 304 g/mol. The van der Waals surface area contributed by atoms with Crippen LogP contribution in [0.3, 0.4) is 0 Å². The van der Waals surface area contributed by atoms with Crippen LogP contribution in [0.15, 0.2) is 59.6 Å².